The predicted octanol–water partition coefficient (Wildman–Crippen LogP) is 13.4. The van der Waals surface area contributed by atoms with Crippen LogP contribution in [0.25, 0.3) is 11.1 Å². The number of benzene rings is 2. The van der Waals surface area contributed by atoms with E-state index >= 15 is 22.8 Å². The number of amides is 4. The summed E-state index contributed by atoms with van der Waals surface area (Å²) in [6.45, 7) is 24.1. The maximum absolute atomic E-state index is 15.5. The van der Waals surface area contributed by atoms with Crippen LogP contribution in [0.3, 0.4) is 0 Å². The summed E-state index contributed by atoms with van der Waals surface area (Å²) in [5.41, 5.74) is -6.58. The van der Waals surface area contributed by atoms with E-state index in [1.807, 2.05) is 68.4 Å². The second-order valence-electron chi connectivity index (χ2n) is 19.9. The molecule has 0 saturated carbocycles. The maximum Gasteiger partial charge on any atom is 0.417 e. The third-order valence-corrected chi connectivity index (χ3v) is 15.7. The van der Waals surface area contributed by atoms with Crippen molar-refractivity contribution in [2.24, 2.45) is 29.6 Å². The van der Waals surface area contributed by atoms with Crippen LogP contribution < -0.4 is 0 Å². The van der Waals surface area contributed by atoms with Gasteiger partial charge in [0.05, 0.1) is 34.4 Å². The molecule has 2 saturated heterocycles. The molecule has 6 unspecified atom stereocenters. The number of hydrogen-bond donors (Lipinski definition) is 0. The number of allylic oxidation sites excluding steroid dienone is 2. The van der Waals surface area contributed by atoms with Crippen LogP contribution in [-0.2, 0) is 42.4 Å². The van der Waals surface area contributed by atoms with E-state index in [1.54, 1.807) is 19.9 Å². The molecular weight excluding hydrogens is 831 g/mol. The second-order valence-corrected chi connectivity index (χ2v) is 19.9. The first-order valence-corrected chi connectivity index (χ1v) is 23.2. The van der Waals surface area contributed by atoms with Crippen LogP contribution in [0.15, 0.2) is 60.7 Å². The number of halogens is 6. The Hall–Kier alpha value is -4.22. The zero-order valence-electron chi connectivity index (χ0n) is 39.6. The summed E-state index contributed by atoms with van der Waals surface area (Å²) >= 11 is 0. The van der Waals surface area contributed by atoms with E-state index in [-0.39, 0.29) is 49.5 Å². The van der Waals surface area contributed by atoms with E-state index in [0.29, 0.717) is 36.8 Å². The molecule has 6 nitrogen and oxygen atoms in total. The molecule has 0 spiro atoms. The van der Waals surface area contributed by atoms with Crippen LogP contribution in [0, 0.1) is 29.6 Å². The monoisotopic (exact) mass is 899 g/mol. The first-order chi connectivity index (χ1) is 29.7. The lowest BCUT2D eigenvalue weighted by Gasteiger charge is -2.57. The number of likely N-dealkylation sites (tertiary alicyclic amines) is 2. The first-order valence-electron chi connectivity index (χ1n) is 23.2. The van der Waals surface area contributed by atoms with Crippen molar-refractivity contribution in [2.75, 3.05) is 0 Å². The highest BCUT2D eigenvalue weighted by Gasteiger charge is 2.65. The molecule has 4 amide bonds. The zero-order chi connectivity index (χ0) is 48.1. The number of hydrogen-bond acceptors (Lipinski definition) is 4. The first kappa shape index (κ1) is 50.8. The van der Waals surface area contributed by atoms with Crippen molar-refractivity contribution < 1.29 is 45.5 Å². The van der Waals surface area contributed by atoms with Crippen molar-refractivity contribution >= 4 is 23.6 Å². The van der Waals surface area contributed by atoms with Crippen molar-refractivity contribution in [3.8, 4) is 11.1 Å². The van der Waals surface area contributed by atoms with Gasteiger partial charge >= 0.3 is 12.4 Å². The molecule has 0 N–H and O–H groups in total. The molecule has 1 aliphatic carbocycles. The molecule has 2 aliphatic heterocycles. The quantitative estimate of drug-likeness (QED) is 0.0900. The smallest absolute Gasteiger partial charge is 0.277 e. The fraction of sp³-hybridized carbons (Fsp3) is 0.615. The largest absolute Gasteiger partial charge is 0.417 e. The Morgan fingerprint density at radius 2 is 1.23 bits per heavy atom. The number of nitrogens with zero attached hydrogens (tertiary/aromatic N) is 2. The Morgan fingerprint density at radius 3 is 1.70 bits per heavy atom. The van der Waals surface area contributed by atoms with Crippen LogP contribution in [0.4, 0.5) is 26.3 Å². The maximum atomic E-state index is 15.5. The van der Waals surface area contributed by atoms with E-state index in [9.17, 15) is 22.8 Å². The zero-order valence-corrected chi connectivity index (χ0v) is 39.6. The average Bonchev–Trinajstić information content (AvgIpc) is 3.67. The van der Waals surface area contributed by atoms with Crippen molar-refractivity contribution in [1.82, 2.24) is 9.80 Å². The summed E-state index contributed by atoms with van der Waals surface area (Å²) in [6, 6.07) is 7.09. The minimum atomic E-state index is -5.09. The number of fused-ring (bicyclic) bond motifs is 1. The Morgan fingerprint density at radius 1 is 0.719 bits per heavy atom. The van der Waals surface area contributed by atoms with Gasteiger partial charge in [-0.3, -0.25) is 29.0 Å². The van der Waals surface area contributed by atoms with Gasteiger partial charge in [-0.25, -0.2) is 0 Å². The third kappa shape index (κ3) is 8.30. The van der Waals surface area contributed by atoms with Gasteiger partial charge in [0.1, 0.15) is 0 Å². The predicted molar refractivity (Wildman–Crippen MR) is 239 cm³/mol. The molecule has 0 aromatic heterocycles. The Kier molecular flexibility index (Phi) is 14.5. The molecule has 6 atom stereocenters. The van der Waals surface area contributed by atoms with Gasteiger partial charge in [-0.05, 0) is 117 Å². The van der Waals surface area contributed by atoms with Gasteiger partial charge in [0.15, 0.2) is 0 Å². The molecule has 0 radical (unpaired) electrons. The molecule has 0 bridgehead atoms. The Bertz CT molecular complexity index is 2170. The second kappa shape index (κ2) is 18.2. The molecule has 3 aliphatic rings. The van der Waals surface area contributed by atoms with E-state index in [2.05, 4.69) is 6.58 Å². The lowest BCUT2D eigenvalue weighted by molar-refractivity contribution is -0.157. The normalized spacial score (nSPS) is 23.1. The van der Waals surface area contributed by atoms with E-state index < -0.39 is 97.9 Å². The van der Waals surface area contributed by atoms with Gasteiger partial charge < -0.3 is 0 Å². The number of carbonyl (C=O) groups excluding carboxylic acids is 4. The minimum absolute atomic E-state index is 0.0101. The topological polar surface area (TPSA) is 74.8 Å². The summed E-state index contributed by atoms with van der Waals surface area (Å²) in [5.74, 6) is -4.87. The highest BCUT2D eigenvalue weighted by molar-refractivity contribution is 6.08. The minimum Gasteiger partial charge on any atom is -0.277 e. The molecule has 5 rings (SSSR count). The molecule has 12 heteroatoms. The molecule has 2 heterocycles. The third-order valence-electron chi connectivity index (χ3n) is 15.7. The Labute approximate surface area is 376 Å². The van der Waals surface area contributed by atoms with Crippen molar-refractivity contribution in [3.63, 3.8) is 0 Å². The number of rotatable bonds is 17. The van der Waals surface area contributed by atoms with Crippen LogP contribution in [0.5, 0.6) is 0 Å². The summed E-state index contributed by atoms with van der Waals surface area (Å²) in [7, 11) is 0. The summed E-state index contributed by atoms with van der Waals surface area (Å²) in [6.07, 6.45) is -3.11. The van der Waals surface area contributed by atoms with Crippen molar-refractivity contribution in [3.05, 3.63) is 83.0 Å². The van der Waals surface area contributed by atoms with Gasteiger partial charge in [-0.1, -0.05) is 110 Å². The summed E-state index contributed by atoms with van der Waals surface area (Å²) in [5, 5.41) is 0. The van der Waals surface area contributed by atoms with Crippen molar-refractivity contribution in [2.45, 2.75) is 175 Å². The van der Waals surface area contributed by atoms with Crippen molar-refractivity contribution in [1.29, 1.82) is 0 Å². The van der Waals surface area contributed by atoms with E-state index in [4.69, 9.17) is 0 Å². The SMILES string of the molecule is C=CCC(C)(CC)c1ccc(-c2ccc(C(CC)(CC)C(CCC)(C(C)C)N3C(=O)C4CC(C5CC(=O)N(C(C)(C)CCC)C5=O)C=C(C)C4C3=O)cc2C(F)(F)F)c(C(F)(F)F)c1. The highest BCUT2D eigenvalue weighted by atomic mass is 19.4. The molecule has 64 heavy (non-hydrogen) atoms. The summed E-state index contributed by atoms with van der Waals surface area (Å²) < 4.78 is 91.4. The lowest BCUT2D eigenvalue weighted by atomic mass is 9.55. The molecular formula is C52H68F6N2O4. The van der Waals surface area contributed by atoms with E-state index in [0.717, 1.165) is 30.7 Å². The molecule has 352 valence electrons. The fourth-order valence-corrected chi connectivity index (χ4v) is 12.4. The average molecular weight is 899 g/mol. The lowest BCUT2D eigenvalue weighted by Crippen LogP contribution is -2.67. The van der Waals surface area contributed by atoms with Gasteiger partial charge in [-0.2, -0.15) is 26.3 Å². The van der Waals surface area contributed by atoms with E-state index in [1.165, 1.54) is 21.9 Å². The highest BCUT2D eigenvalue weighted by Crippen LogP contribution is 2.57. The van der Waals surface area contributed by atoms with Crippen LogP contribution in [0.1, 0.15) is 163 Å². The van der Waals surface area contributed by atoms with Gasteiger partial charge in [0, 0.05) is 17.4 Å². The van der Waals surface area contributed by atoms with Gasteiger partial charge in [0.2, 0.25) is 23.6 Å². The summed E-state index contributed by atoms with van der Waals surface area (Å²) in [4.78, 5) is 60.4. The standard InChI is InChI=1S/C52H68F6N2O4/c1-13-23-47(10,11)59-42(61)30-38(44(59)62)33-26-32(9)43-39(27-33)45(63)60(46(43)64)50(25-15-3,31(7)8)49(17-5,18-6)35-20-22-37(41(29-35)52(56,57)58)36-21-19-34(28-40(36)51(53,54)55)48(12,16-4)24-14-2/h14,19-22,26,28-29,31,33,38-39,43H,2,13,15-18,23-25,27,30H2,1,3-12H3. The number of carbonyl (C=O) groups is 4. The molecule has 2 aromatic carbocycles. The Balaban J connectivity index is 1.67. The van der Waals surface area contributed by atoms with Crippen LogP contribution in [-0.4, -0.2) is 44.5 Å². The van der Waals surface area contributed by atoms with Crippen LogP contribution in [0.2, 0.25) is 0 Å². The number of alkyl halides is 6. The number of imide groups is 2. The fourth-order valence-electron chi connectivity index (χ4n) is 12.4. The van der Waals surface area contributed by atoms with Gasteiger partial charge in [-0.15, -0.1) is 6.58 Å². The van der Waals surface area contributed by atoms with Crippen LogP contribution >= 0.6 is 0 Å². The van der Waals surface area contributed by atoms with Gasteiger partial charge in [0.25, 0.3) is 0 Å². The molecule has 2 fully saturated rings. The molecule has 2 aromatic rings.